The van der Waals surface area contributed by atoms with Gasteiger partial charge in [-0.2, -0.15) is 0 Å². The van der Waals surface area contributed by atoms with Gasteiger partial charge in [-0.3, -0.25) is 4.79 Å². The van der Waals surface area contributed by atoms with Gasteiger partial charge in [-0.25, -0.2) is 4.79 Å². The van der Waals surface area contributed by atoms with Crippen LogP contribution < -0.4 is 11.1 Å². The lowest BCUT2D eigenvalue weighted by molar-refractivity contribution is -0.150. The van der Waals surface area contributed by atoms with Crippen LogP contribution in [0.3, 0.4) is 0 Å². The number of carbonyl (C=O) groups is 2. The molecule has 0 saturated heterocycles. The molecular formula is C15H28N2O3. The lowest BCUT2D eigenvalue weighted by Gasteiger charge is -2.39. The molecule has 0 aromatic rings. The summed E-state index contributed by atoms with van der Waals surface area (Å²) in [5, 5.41) is 12.3. The van der Waals surface area contributed by atoms with Crippen molar-refractivity contribution >= 4 is 11.9 Å². The molecule has 20 heavy (non-hydrogen) atoms. The van der Waals surface area contributed by atoms with Crippen LogP contribution >= 0.6 is 0 Å². The van der Waals surface area contributed by atoms with E-state index in [0.717, 1.165) is 19.3 Å². The topological polar surface area (TPSA) is 92.4 Å². The number of hydrogen-bond acceptors (Lipinski definition) is 3. The molecule has 1 amide bonds. The van der Waals surface area contributed by atoms with Crippen LogP contribution in [-0.4, -0.2) is 28.1 Å². The number of hydrogen-bond donors (Lipinski definition) is 3. The minimum atomic E-state index is -1.13. The Kier molecular flexibility index (Phi) is 5.57. The van der Waals surface area contributed by atoms with E-state index in [9.17, 15) is 14.7 Å². The fraction of sp³-hybridized carbons (Fsp3) is 0.867. The van der Waals surface area contributed by atoms with E-state index in [4.69, 9.17) is 5.73 Å². The maximum atomic E-state index is 12.4. The molecule has 0 bridgehead atoms. The van der Waals surface area contributed by atoms with Crippen molar-refractivity contribution in [1.82, 2.24) is 5.32 Å². The van der Waals surface area contributed by atoms with E-state index in [-0.39, 0.29) is 5.91 Å². The molecule has 5 nitrogen and oxygen atoms in total. The van der Waals surface area contributed by atoms with Gasteiger partial charge >= 0.3 is 5.97 Å². The molecule has 0 spiro atoms. The average molecular weight is 284 g/mol. The van der Waals surface area contributed by atoms with E-state index in [1.165, 1.54) is 0 Å². The third-order valence-electron chi connectivity index (χ3n) is 5.01. The summed E-state index contributed by atoms with van der Waals surface area (Å²) in [6.45, 7) is 5.82. The smallest absolute Gasteiger partial charge is 0.329 e. The van der Waals surface area contributed by atoms with Crippen molar-refractivity contribution in [3.63, 3.8) is 0 Å². The zero-order valence-corrected chi connectivity index (χ0v) is 12.9. The normalized spacial score (nSPS) is 27.1. The van der Waals surface area contributed by atoms with Crippen molar-refractivity contribution in [2.45, 2.75) is 76.8 Å². The summed E-state index contributed by atoms with van der Waals surface area (Å²) in [5.74, 6) is -0.700. The van der Waals surface area contributed by atoms with Crippen LogP contribution in [0.4, 0.5) is 0 Å². The van der Waals surface area contributed by atoms with Gasteiger partial charge in [-0.05, 0) is 44.4 Å². The number of aliphatic carboxylic acids is 1. The number of nitrogens with one attached hydrogen (secondary N) is 1. The first-order valence-electron chi connectivity index (χ1n) is 7.68. The Balaban J connectivity index is 2.84. The lowest BCUT2D eigenvalue weighted by atomic mass is 9.75. The molecule has 1 aliphatic carbocycles. The van der Waals surface area contributed by atoms with Gasteiger partial charge in [0, 0.05) is 0 Å². The highest BCUT2D eigenvalue weighted by Crippen LogP contribution is 2.34. The van der Waals surface area contributed by atoms with Gasteiger partial charge in [0.25, 0.3) is 0 Å². The molecule has 116 valence electrons. The molecule has 1 aliphatic rings. The maximum Gasteiger partial charge on any atom is 0.329 e. The third kappa shape index (κ3) is 3.32. The van der Waals surface area contributed by atoms with Crippen molar-refractivity contribution < 1.29 is 14.7 Å². The fourth-order valence-electron chi connectivity index (χ4n) is 2.88. The van der Waals surface area contributed by atoms with Crippen LogP contribution in [0.1, 0.15) is 65.7 Å². The highest BCUT2D eigenvalue weighted by molar-refractivity contribution is 5.92. The molecule has 4 N–H and O–H groups in total. The predicted molar refractivity (Wildman–Crippen MR) is 78.3 cm³/mol. The summed E-state index contributed by atoms with van der Waals surface area (Å²) in [7, 11) is 0. The molecular weight excluding hydrogens is 256 g/mol. The Hall–Kier alpha value is -1.10. The van der Waals surface area contributed by atoms with Gasteiger partial charge in [-0.15, -0.1) is 0 Å². The van der Waals surface area contributed by atoms with E-state index >= 15 is 0 Å². The van der Waals surface area contributed by atoms with Gasteiger partial charge < -0.3 is 16.2 Å². The SMILES string of the molecule is CCC1CCC(NC(=O)C(N)(CC)CC)(C(=O)O)CC1. The van der Waals surface area contributed by atoms with Crippen molar-refractivity contribution in [3.8, 4) is 0 Å². The molecule has 0 radical (unpaired) electrons. The summed E-state index contributed by atoms with van der Waals surface area (Å²) >= 11 is 0. The lowest BCUT2D eigenvalue weighted by Crippen LogP contribution is -2.63. The third-order valence-corrected chi connectivity index (χ3v) is 5.01. The highest BCUT2D eigenvalue weighted by Gasteiger charge is 2.45. The predicted octanol–water partition coefficient (Wildman–Crippen LogP) is 2.04. The van der Waals surface area contributed by atoms with E-state index in [1.54, 1.807) is 0 Å². The average Bonchev–Trinajstić information content (AvgIpc) is 2.46. The van der Waals surface area contributed by atoms with Gasteiger partial charge in [0.05, 0.1) is 5.54 Å². The largest absolute Gasteiger partial charge is 0.480 e. The van der Waals surface area contributed by atoms with Gasteiger partial charge in [0.15, 0.2) is 0 Å². The van der Waals surface area contributed by atoms with Crippen LogP contribution in [-0.2, 0) is 9.59 Å². The zero-order chi connectivity index (χ0) is 15.4. The number of rotatable bonds is 6. The van der Waals surface area contributed by atoms with Crippen LogP contribution in [0.25, 0.3) is 0 Å². The summed E-state index contributed by atoms with van der Waals surface area (Å²) in [5.41, 5.74) is 3.97. The van der Waals surface area contributed by atoms with E-state index in [0.29, 0.717) is 31.6 Å². The number of carboxylic acids is 1. The standard InChI is InChI=1S/C15H28N2O3/c1-4-11-7-9-15(10-8-11,13(19)20)17-12(18)14(16,5-2)6-3/h11H,4-10,16H2,1-3H3,(H,17,18)(H,19,20). The molecule has 1 saturated carbocycles. The second-order valence-electron chi connectivity index (χ2n) is 6.06. The molecule has 0 atom stereocenters. The second-order valence-corrected chi connectivity index (χ2v) is 6.06. The number of carboxylic acid groups (broad SMARTS) is 1. The van der Waals surface area contributed by atoms with Crippen LogP contribution in [0.5, 0.6) is 0 Å². The van der Waals surface area contributed by atoms with Crippen LogP contribution in [0.2, 0.25) is 0 Å². The van der Waals surface area contributed by atoms with Crippen molar-refractivity contribution in [2.75, 3.05) is 0 Å². The highest BCUT2D eigenvalue weighted by atomic mass is 16.4. The molecule has 0 aromatic heterocycles. The Morgan fingerprint density at radius 3 is 2.10 bits per heavy atom. The minimum absolute atomic E-state index is 0.333. The Morgan fingerprint density at radius 1 is 1.25 bits per heavy atom. The van der Waals surface area contributed by atoms with Gasteiger partial charge in [0.2, 0.25) is 5.91 Å². The summed E-state index contributed by atoms with van der Waals surface area (Å²) in [6.07, 6.45) is 4.75. The molecule has 0 heterocycles. The second kappa shape index (κ2) is 6.57. The van der Waals surface area contributed by atoms with E-state index < -0.39 is 17.0 Å². The number of amides is 1. The molecule has 1 rings (SSSR count). The van der Waals surface area contributed by atoms with Gasteiger partial charge in [0.1, 0.15) is 5.54 Å². The zero-order valence-electron chi connectivity index (χ0n) is 12.9. The molecule has 0 unspecified atom stereocenters. The first-order valence-corrected chi connectivity index (χ1v) is 7.68. The van der Waals surface area contributed by atoms with Crippen LogP contribution in [0, 0.1) is 5.92 Å². The molecule has 0 aliphatic heterocycles. The van der Waals surface area contributed by atoms with E-state index in [2.05, 4.69) is 12.2 Å². The first kappa shape index (κ1) is 17.0. The summed E-state index contributed by atoms with van der Waals surface area (Å²) in [6, 6.07) is 0. The first-order chi connectivity index (χ1) is 9.33. The van der Waals surface area contributed by atoms with E-state index in [1.807, 2.05) is 13.8 Å². The molecule has 0 aromatic carbocycles. The van der Waals surface area contributed by atoms with Crippen LogP contribution in [0.15, 0.2) is 0 Å². The van der Waals surface area contributed by atoms with Crippen molar-refractivity contribution in [3.05, 3.63) is 0 Å². The fourth-order valence-corrected chi connectivity index (χ4v) is 2.88. The van der Waals surface area contributed by atoms with Crippen molar-refractivity contribution in [1.29, 1.82) is 0 Å². The van der Waals surface area contributed by atoms with Gasteiger partial charge in [-0.1, -0.05) is 27.2 Å². The Bertz CT molecular complexity index is 356. The minimum Gasteiger partial charge on any atom is -0.480 e. The van der Waals surface area contributed by atoms with Crippen molar-refractivity contribution in [2.24, 2.45) is 11.7 Å². The molecule has 1 fully saturated rings. The summed E-state index contributed by atoms with van der Waals surface area (Å²) < 4.78 is 0. The molecule has 5 heteroatoms. The number of carbonyl (C=O) groups excluding carboxylic acids is 1. The Morgan fingerprint density at radius 2 is 1.75 bits per heavy atom. The quantitative estimate of drug-likeness (QED) is 0.696. The monoisotopic (exact) mass is 284 g/mol. The maximum absolute atomic E-state index is 12.4. The summed E-state index contributed by atoms with van der Waals surface area (Å²) in [4.78, 5) is 24.0. The number of nitrogens with two attached hydrogens (primary N) is 1. The Labute approximate surface area is 121 Å².